The molecule has 0 spiro atoms. The van der Waals surface area contributed by atoms with Gasteiger partial charge in [-0.15, -0.1) is 24.0 Å². The molecule has 2 rings (SSSR count). The summed E-state index contributed by atoms with van der Waals surface area (Å²) in [4.78, 5) is 6.71. The number of guanidine groups is 1. The van der Waals surface area contributed by atoms with Crippen molar-refractivity contribution in [2.24, 2.45) is 4.99 Å². The summed E-state index contributed by atoms with van der Waals surface area (Å²) >= 11 is 0. The van der Waals surface area contributed by atoms with Gasteiger partial charge in [0, 0.05) is 32.4 Å². The van der Waals surface area contributed by atoms with Crippen molar-refractivity contribution in [2.75, 3.05) is 32.1 Å². The number of nitrogens with one attached hydrogen (secondary N) is 2. The van der Waals surface area contributed by atoms with Crippen LogP contribution in [0.3, 0.4) is 0 Å². The van der Waals surface area contributed by atoms with Gasteiger partial charge in [-0.05, 0) is 50.4 Å². The van der Waals surface area contributed by atoms with Gasteiger partial charge in [0.05, 0.1) is 5.75 Å². The minimum atomic E-state index is -2.93. The van der Waals surface area contributed by atoms with Gasteiger partial charge < -0.3 is 10.6 Å². The van der Waals surface area contributed by atoms with E-state index in [4.69, 9.17) is 0 Å². The molecule has 1 saturated heterocycles. The molecule has 1 aliphatic heterocycles. The van der Waals surface area contributed by atoms with Gasteiger partial charge in [0.2, 0.25) is 0 Å². The summed E-state index contributed by atoms with van der Waals surface area (Å²) in [5.41, 5.74) is 2.55. The third kappa shape index (κ3) is 9.75. The Morgan fingerprint density at radius 2 is 1.78 bits per heavy atom. The van der Waals surface area contributed by atoms with Crippen LogP contribution >= 0.6 is 24.0 Å². The Kier molecular flexibility index (Phi) is 10.6. The van der Waals surface area contributed by atoms with Crippen LogP contribution < -0.4 is 10.6 Å². The minimum absolute atomic E-state index is 0. The van der Waals surface area contributed by atoms with Crippen molar-refractivity contribution < 1.29 is 8.42 Å². The van der Waals surface area contributed by atoms with Crippen LogP contribution in [0.15, 0.2) is 29.3 Å². The molecule has 1 unspecified atom stereocenters. The molecule has 1 aromatic carbocycles. The molecule has 1 heterocycles. The zero-order chi connectivity index (χ0) is 19.0. The van der Waals surface area contributed by atoms with Crippen LogP contribution in [-0.2, 0) is 22.9 Å². The number of hydrogen-bond donors (Lipinski definition) is 2. The number of halogens is 1. The van der Waals surface area contributed by atoms with E-state index in [1.165, 1.54) is 43.3 Å². The second kappa shape index (κ2) is 11.9. The minimum Gasteiger partial charge on any atom is -0.354 e. The molecule has 1 aliphatic rings. The molecule has 0 bridgehead atoms. The summed E-state index contributed by atoms with van der Waals surface area (Å²) in [7, 11) is -1.21. The van der Waals surface area contributed by atoms with Gasteiger partial charge >= 0.3 is 0 Å². The summed E-state index contributed by atoms with van der Waals surface area (Å²) in [5.74, 6) is 0.864. The van der Waals surface area contributed by atoms with E-state index in [9.17, 15) is 8.42 Å². The molecule has 6 nitrogen and oxygen atoms in total. The topological polar surface area (TPSA) is 73.8 Å². The van der Waals surface area contributed by atoms with Gasteiger partial charge in [0.25, 0.3) is 0 Å². The highest BCUT2D eigenvalue weighted by Gasteiger charge is 2.12. The first kappa shape index (κ1) is 24.2. The second-order valence-corrected chi connectivity index (χ2v) is 9.45. The van der Waals surface area contributed by atoms with Crippen molar-refractivity contribution in [1.82, 2.24) is 15.5 Å². The predicted molar refractivity (Wildman–Crippen MR) is 123 cm³/mol. The molecular formula is C19H33IN4O2S. The Morgan fingerprint density at radius 3 is 2.33 bits per heavy atom. The molecule has 154 valence electrons. The number of aliphatic imine (C=N–C) groups is 1. The lowest BCUT2D eigenvalue weighted by atomic mass is 10.1. The fraction of sp³-hybridized carbons (Fsp3) is 0.632. The lowest BCUT2D eigenvalue weighted by Gasteiger charge is -2.18. The van der Waals surface area contributed by atoms with Crippen molar-refractivity contribution in [3.05, 3.63) is 35.4 Å². The van der Waals surface area contributed by atoms with Crippen LogP contribution in [0.4, 0.5) is 0 Å². The third-order valence-corrected chi connectivity index (χ3v) is 5.59. The highest BCUT2D eigenvalue weighted by Crippen LogP contribution is 2.13. The van der Waals surface area contributed by atoms with Gasteiger partial charge in [0.15, 0.2) is 5.96 Å². The average molecular weight is 508 g/mol. The van der Waals surface area contributed by atoms with Gasteiger partial charge in [0.1, 0.15) is 9.84 Å². The highest BCUT2D eigenvalue weighted by molar-refractivity contribution is 14.0. The van der Waals surface area contributed by atoms with E-state index in [0.717, 1.165) is 6.54 Å². The molecule has 0 aromatic heterocycles. The Bertz CT molecular complexity index is 686. The number of benzene rings is 1. The molecule has 1 fully saturated rings. The summed E-state index contributed by atoms with van der Waals surface area (Å²) in [6.45, 7) is 6.11. The lowest BCUT2D eigenvalue weighted by Crippen LogP contribution is -2.42. The van der Waals surface area contributed by atoms with Crippen LogP contribution in [0, 0.1) is 0 Å². The smallest absolute Gasteiger partial charge is 0.191 e. The fourth-order valence-electron chi connectivity index (χ4n) is 3.04. The van der Waals surface area contributed by atoms with Crippen LogP contribution in [-0.4, -0.2) is 57.5 Å². The highest BCUT2D eigenvalue weighted by atomic mass is 127. The van der Waals surface area contributed by atoms with Gasteiger partial charge in [-0.25, -0.2) is 8.42 Å². The Labute approximate surface area is 181 Å². The number of likely N-dealkylation sites (tertiary alicyclic amines) is 1. The molecule has 27 heavy (non-hydrogen) atoms. The molecule has 0 amide bonds. The second-order valence-electron chi connectivity index (χ2n) is 7.19. The Hall–Kier alpha value is -0.870. The van der Waals surface area contributed by atoms with Crippen LogP contribution in [0.5, 0.6) is 0 Å². The maximum atomic E-state index is 11.3. The maximum absolute atomic E-state index is 11.3. The zero-order valence-electron chi connectivity index (χ0n) is 16.6. The first-order valence-electron chi connectivity index (χ1n) is 9.31. The summed E-state index contributed by atoms with van der Waals surface area (Å²) in [6.07, 6.45) is 4.46. The molecule has 0 saturated carbocycles. The molecular weight excluding hydrogens is 475 g/mol. The van der Waals surface area contributed by atoms with Gasteiger partial charge in [-0.2, -0.15) is 0 Å². The fourth-order valence-corrected chi connectivity index (χ4v) is 3.82. The quantitative estimate of drug-likeness (QED) is 0.321. The molecule has 0 radical (unpaired) electrons. The molecule has 2 N–H and O–H groups in total. The first-order chi connectivity index (χ1) is 12.4. The van der Waals surface area contributed by atoms with E-state index in [2.05, 4.69) is 44.8 Å². The van der Waals surface area contributed by atoms with Gasteiger partial charge in [-0.3, -0.25) is 9.89 Å². The van der Waals surface area contributed by atoms with Crippen molar-refractivity contribution >= 4 is 39.8 Å². The maximum Gasteiger partial charge on any atom is 0.191 e. The van der Waals surface area contributed by atoms with Crippen LogP contribution in [0.25, 0.3) is 0 Å². The largest absolute Gasteiger partial charge is 0.354 e. The number of hydrogen-bond acceptors (Lipinski definition) is 4. The van der Waals surface area contributed by atoms with Crippen LogP contribution in [0.1, 0.15) is 37.3 Å². The van der Waals surface area contributed by atoms with E-state index in [1.54, 1.807) is 7.05 Å². The van der Waals surface area contributed by atoms with E-state index in [-0.39, 0.29) is 35.8 Å². The lowest BCUT2D eigenvalue weighted by molar-refractivity contribution is 0.331. The van der Waals surface area contributed by atoms with Gasteiger partial charge in [-0.1, -0.05) is 24.3 Å². The molecule has 8 heteroatoms. The number of rotatable bonds is 8. The number of nitrogens with zero attached hydrogens (tertiary/aromatic N) is 2. The normalized spacial score (nSPS) is 16.6. The monoisotopic (exact) mass is 508 g/mol. The molecule has 0 aliphatic carbocycles. The van der Waals surface area contributed by atoms with Crippen molar-refractivity contribution in [2.45, 2.75) is 45.3 Å². The standard InChI is InChI=1S/C19H32N4O2S.HI/c1-16(10-13-26(3,24)25)22-19(20-2)21-14-17-6-8-18(9-7-17)15-23-11-4-5-12-23;/h6-9,16H,4-5,10-15H2,1-3H3,(H2,20,21,22);1H. The van der Waals surface area contributed by atoms with Crippen molar-refractivity contribution in [1.29, 1.82) is 0 Å². The third-order valence-electron chi connectivity index (χ3n) is 4.62. The van der Waals surface area contributed by atoms with Crippen molar-refractivity contribution in [3.63, 3.8) is 0 Å². The first-order valence-corrected chi connectivity index (χ1v) is 11.4. The SMILES string of the molecule is CN=C(NCc1ccc(CN2CCCC2)cc1)NC(C)CCS(C)(=O)=O.I. The van der Waals surface area contributed by atoms with Crippen molar-refractivity contribution in [3.8, 4) is 0 Å². The molecule has 1 atom stereocenters. The zero-order valence-corrected chi connectivity index (χ0v) is 19.7. The number of sulfone groups is 1. The average Bonchev–Trinajstić information content (AvgIpc) is 3.10. The van der Waals surface area contributed by atoms with E-state index >= 15 is 0 Å². The van der Waals surface area contributed by atoms with E-state index < -0.39 is 9.84 Å². The summed E-state index contributed by atoms with van der Waals surface area (Å²) in [5, 5.41) is 6.52. The predicted octanol–water partition coefficient (Wildman–Crippen LogP) is 2.39. The summed E-state index contributed by atoms with van der Waals surface area (Å²) in [6, 6.07) is 8.73. The van der Waals surface area contributed by atoms with Crippen LogP contribution in [0.2, 0.25) is 0 Å². The Balaban J connectivity index is 0.00000364. The summed E-state index contributed by atoms with van der Waals surface area (Å²) < 4.78 is 22.5. The van der Waals surface area contributed by atoms with E-state index in [1.807, 2.05) is 6.92 Å². The molecule has 1 aromatic rings. The Morgan fingerprint density at radius 1 is 1.19 bits per heavy atom. The van der Waals surface area contributed by atoms with E-state index in [0.29, 0.717) is 18.9 Å².